The van der Waals surface area contributed by atoms with Crippen LogP contribution < -0.4 is 15.1 Å². The van der Waals surface area contributed by atoms with Gasteiger partial charge in [0.2, 0.25) is 0 Å². The van der Waals surface area contributed by atoms with Gasteiger partial charge in [0, 0.05) is 6.07 Å². The summed E-state index contributed by atoms with van der Waals surface area (Å²) in [6.45, 7) is 1.88. The molecular weight excluding hydrogens is 318 g/mol. The van der Waals surface area contributed by atoms with Crippen molar-refractivity contribution < 1.29 is 13.2 Å². The van der Waals surface area contributed by atoms with Gasteiger partial charge in [0.15, 0.2) is 0 Å². The first-order chi connectivity index (χ1) is 10.9. The second-order valence-corrected chi connectivity index (χ2v) is 6.78. The average Bonchev–Trinajstić information content (AvgIpc) is 2.85. The Balaban J connectivity index is 2.05. The van der Waals surface area contributed by atoms with Crippen molar-refractivity contribution in [3.05, 3.63) is 52.4 Å². The molecule has 1 heterocycles. The Morgan fingerprint density at radius 2 is 1.65 bits per heavy atom. The first kappa shape index (κ1) is 15.2. The molecule has 3 N–H and O–H groups in total. The van der Waals surface area contributed by atoms with Crippen LogP contribution in [0.3, 0.4) is 0 Å². The number of hydrogen-bond acceptors (Lipinski definition) is 4. The number of aromatic amines is 2. The number of hydrogen-bond donors (Lipinski definition) is 3. The van der Waals surface area contributed by atoms with E-state index in [1.54, 1.807) is 18.2 Å². The van der Waals surface area contributed by atoms with Gasteiger partial charge in [0.1, 0.15) is 5.75 Å². The van der Waals surface area contributed by atoms with Crippen LogP contribution in [0.5, 0.6) is 5.75 Å². The monoisotopic (exact) mass is 333 g/mol. The molecule has 0 saturated heterocycles. The minimum absolute atomic E-state index is 0.146. The van der Waals surface area contributed by atoms with Crippen LogP contribution in [-0.2, 0) is 10.0 Å². The third-order valence-electron chi connectivity index (χ3n) is 3.41. The fourth-order valence-corrected chi connectivity index (χ4v) is 3.29. The Morgan fingerprint density at radius 1 is 1.04 bits per heavy atom. The molecule has 0 aliphatic carbocycles. The first-order valence-corrected chi connectivity index (χ1v) is 8.27. The second kappa shape index (κ2) is 5.47. The molecule has 0 unspecified atom stereocenters. The lowest BCUT2D eigenvalue weighted by Crippen LogP contribution is -2.13. The Hall–Kier alpha value is -2.74. The molecule has 2 aromatic carbocycles. The van der Waals surface area contributed by atoms with Crippen LogP contribution in [0.15, 0.2) is 46.1 Å². The van der Waals surface area contributed by atoms with Gasteiger partial charge in [0.05, 0.1) is 28.7 Å². The van der Waals surface area contributed by atoms with Crippen molar-refractivity contribution in [1.29, 1.82) is 0 Å². The van der Waals surface area contributed by atoms with Gasteiger partial charge in [-0.05, 0) is 25.1 Å². The van der Waals surface area contributed by atoms with Gasteiger partial charge in [-0.25, -0.2) is 13.2 Å². The lowest BCUT2D eigenvalue weighted by atomic mass is 10.2. The van der Waals surface area contributed by atoms with E-state index in [-0.39, 0.29) is 16.3 Å². The van der Waals surface area contributed by atoms with Gasteiger partial charge in [-0.3, -0.25) is 4.72 Å². The van der Waals surface area contributed by atoms with Crippen LogP contribution in [0, 0.1) is 6.92 Å². The van der Waals surface area contributed by atoms with Crippen molar-refractivity contribution >= 4 is 26.7 Å². The van der Waals surface area contributed by atoms with Gasteiger partial charge >= 0.3 is 5.69 Å². The summed E-state index contributed by atoms with van der Waals surface area (Å²) in [5, 5.41) is 0. The maximum Gasteiger partial charge on any atom is 0.323 e. The van der Waals surface area contributed by atoms with Crippen molar-refractivity contribution in [2.45, 2.75) is 11.8 Å². The summed E-state index contributed by atoms with van der Waals surface area (Å²) in [5.41, 5.74) is 1.85. The fraction of sp³-hybridized carbons (Fsp3) is 0.133. The molecule has 0 amide bonds. The number of rotatable bonds is 4. The summed E-state index contributed by atoms with van der Waals surface area (Å²) in [4.78, 5) is 16.7. The zero-order valence-corrected chi connectivity index (χ0v) is 13.3. The largest absolute Gasteiger partial charge is 0.494 e. The van der Waals surface area contributed by atoms with E-state index in [2.05, 4.69) is 14.7 Å². The summed E-state index contributed by atoms with van der Waals surface area (Å²) < 4.78 is 32.6. The predicted octanol–water partition coefficient (Wildman–Crippen LogP) is 1.97. The third-order valence-corrected chi connectivity index (χ3v) is 4.79. The van der Waals surface area contributed by atoms with Crippen LogP contribution in [0.1, 0.15) is 5.56 Å². The van der Waals surface area contributed by atoms with E-state index in [0.29, 0.717) is 16.8 Å². The van der Waals surface area contributed by atoms with Crippen molar-refractivity contribution in [1.82, 2.24) is 9.97 Å². The van der Waals surface area contributed by atoms with E-state index in [1.165, 1.54) is 25.3 Å². The second-order valence-electron chi connectivity index (χ2n) is 5.10. The third kappa shape index (κ3) is 2.93. The molecule has 7 nitrogen and oxygen atoms in total. The lowest BCUT2D eigenvalue weighted by molar-refractivity contribution is 0.417. The standard InChI is InChI=1S/C15H15N3O4S/c1-9-3-5-10(6-4-9)23(20,21)18-13-7-11-12(8-14(13)22-2)17-15(19)16-11/h3-8,18H,1-2H3,(H2,16,17,19). The number of aromatic nitrogens is 2. The van der Waals surface area contributed by atoms with E-state index in [1.807, 2.05) is 6.92 Å². The highest BCUT2D eigenvalue weighted by Crippen LogP contribution is 2.30. The van der Waals surface area contributed by atoms with Gasteiger partial charge in [-0.2, -0.15) is 0 Å². The molecule has 0 saturated carbocycles. The van der Waals surface area contributed by atoms with Crippen LogP contribution in [0.2, 0.25) is 0 Å². The number of nitrogens with one attached hydrogen (secondary N) is 3. The van der Waals surface area contributed by atoms with Crippen LogP contribution >= 0.6 is 0 Å². The Kier molecular flexibility index (Phi) is 3.61. The normalized spacial score (nSPS) is 11.6. The molecule has 0 atom stereocenters. The molecule has 0 bridgehead atoms. The maximum atomic E-state index is 12.5. The van der Waals surface area contributed by atoms with Gasteiger partial charge in [0.25, 0.3) is 10.0 Å². The molecule has 0 spiro atoms. The molecule has 23 heavy (non-hydrogen) atoms. The summed E-state index contributed by atoms with van der Waals surface area (Å²) in [6.07, 6.45) is 0. The Labute approximate surface area is 132 Å². The summed E-state index contributed by atoms with van der Waals surface area (Å²) in [7, 11) is -2.33. The minimum atomic E-state index is -3.76. The molecule has 8 heteroatoms. The number of anilines is 1. The van der Waals surface area contributed by atoms with E-state index in [4.69, 9.17) is 4.74 Å². The van der Waals surface area contributed by atoms with Crippen molar-refractivity contribution in [2.75, 3.05) is 11.8 Å². The highest BCUT2D eigenvalue weighted by molar-refractivity contribution is 7.92. The van der Waals surface area contributed by atoms with E-state index < -0.39 is 10.0 Å². The van der Waals surface area contributed by atoms with Crippen LogP contribution in [0.25, 0.3) is 11.0 Å². The smallest absolute Gasteiger partial charge is 0.323 e. The van der Waals surface area contributed by atoms with E-state index >= 15 is 0 Å². The summed E-state index contributed by atoms with van der Waals surface area (Å²) >= 11 is 0. The molecule has 120 valence electrons. The van der Waals surface area contributed by atoms with Crippen LogP contribution in [-0.4, -0.2) is 25.5 Å². The van der Waals surface area contributed by atoms with Crippen molar-refractivity contribution in [2.24, 2.45) is 0 Å². The maximum absolute atomic E-state index is 12.5. The van der Waals surface area contributed by atoms with E-state index in [0.717, 1.165) is 5.56 Å². The van der Waals surface area contributed by atoms with Crippen LogP contribution in [0.4, 0.5) is 5.69 Å². The zero-order chi connectivity index (χ0) is 16.6. The Morgan fingerprint density at radius 3 is 2.26 bits per heavy atom. The molecule has 0 aliphatic heterocycles. The fourth-order valence-electron chi connectivity index (χ4n) is 2.23. The molecule has 0 radical (unpaired) electrons. The summed E-state index contributed by atoms with van der Waals surface area (Å²) in [6, 6.07) is 9.57. The minimum Gasteiger partial charge on any atom is -0.494 e. The number of imidazole rings is 1. The number of ether oxygens (including phenoxy) is 1. The molecule has 3 aromatic rings. The quantitative estimate of drug-likeness (QED) is 0.679. The molecular formula is C15H15N3O4S. The average molecular weight is 333 g/mol. The van der Waals surface area contributed by atoms with Gasteiger partial charge in [-0.15, -0.1) is 0 Å². The number of sulfonamides is 1. The molecule has 0 aliphatic rings. The predicted molar refractivity (Wildman–Crippen MR) is 87.5 cm³/mol. The zero-order valence-electron chi connectivity index (χ0n) is 12.5. The number of methoxy groups -OCH3 is 1. The molecule has 3 rings (SSSR count). The SMILES string of the molecule is COc1cc2[nH]c(=O)[nH]c2cc1NS(=O)(=O)c1ccc(C)cc1. The Bertz CT molecular complexity index is 1020. The summed E-state index contributed by atoms with van der Waals surface area (Å²) in [5.74, 6) is 0.309. The highest BCUT2D eigenvalue weighted by Gasteiger charge is 2.17. The van der Waals surface area contributed by atoms with Gasteiger partial charge in [-0.1, -0.05) is 17.7 Å². The molecule has 1 aromatic heterocycles. The van der Waals surface area contributed by atoms with Crippen molar-refractivity contribution in [3.63, 3.8) is 0 Å². The van der Waals surface area contributed by atoms with E-state index in [9.17, 15) is 13.2 Å². The topological polar surface area (TPSA) is 104 Å². The first-order valence-electron chi connectivity index (χ1n) is 6.78. The highest BCUT2D eigenvalue weighted by atomic mass is 32.2. The number of aryl methyl sites for hydroxylation is 1. The van der Waals surface area contributed by atoms with Crippen molar-refractivity contribution in [3.8, 4) is 5.75 Å². The number of fused-ring (bicyclic) bond motifs is 1. The number of H-pyrrole nitrogens is 2. The lowest BCUT2D eigenvalue weighted by Gasteiger charge is -2.12. The molecule has 0 fully saturated rings. The number of benzene rings is 2. The van der Waals surface area contributed by atoms with Gasteiger partial charge < -0.3 is 14.7 Å².